The molecule has 0 bridgehead atoms. The normalized spacial score (nSPS) is 19.0. The molecule has 3 N–H and O–H groups in total. The molecule has 5 nitrogen and oxygen atoms in total. The van der Waals surface area contributed by atoms with Gasteiger partial charge in [-0.1, -0.05) is 29.8 Å². The first-order chi connectivity index (χ1) is 10.5. The third kappa shape index (κ3) is 4.07. The second kappa shape index (κ2) is 7.40. The average Bonchev–Trinajstić information content (AvgIpc) is 2.95. The van der Waals surface area contributed by atoms with Gasteiger partial charge in [0.05, 0.1) is 12.5 Å². The van der Waals surface area contributed by atoms with Crippen LogP contribution in [0.1, 0.15) is 43.4 Å². The highest BCUT2D eigenvalue weighted by Gasteiger charge is 2.29. The van der Waals surface area contributed by atoms with Crippen molar-refractivity contribution in [3.8, 4) is 0 Å². The lowest BCUT2D eigenvalue weighted by atomic mass is 10.0. The molecular formula is C17H25N3O2. The van der Waals surface area contributed by atoms with Gasteiger partial charge in [-0.15, -0.1) is 0 Å². The maximum atomic E-state index is 12.6. The minimum Gasteiger partial charge on any atom is -0.349 e. The zero-order valence-electron chi connectivity index (χ0n) is 13.3. The summed E-state index contributed by atoms with van der Waals surface area (Å²) in [6, 6.07) is 7.77. The Morgan fingerprint density at radius 2 is 2.05 bits per heavy atom. The van der Waals surface area contributed by atoms with Crippen LogP contribution in [0, 0.1) is 6.92 Å². The summed E-state index contributed by atoms with van der Waals surface area (Å²) in [6.45, 7) is 4.76. The highest BCUT2D eigenvalue weighted by atomic mass is 16.2. The molecule has 2 amide bonds. The van der Waals surface area contributed by atoms with Gasteiger partial charge in [0.15, 0.2) is 0 Å². The van der Waals surface area contributed by atoms with Crippen LogP contribution in [-0.4, -0.2) is 35.8 Å². The highest BCUT2D eigenvalue weighted by molar-refractivity contribution is 5.79. The van der Waals surface area contributed by atoms with Crippen molar-refractivity contribution in [2.75, 3.05) is 13.1 Å². The molecule has 1 fully saturated rings. The molecule has 1 aliphatic heterocycles. The topological polar surface area (TPSA) is 75.4 Å². The van der Waals surface area contributed by atoms with Crippen LogP contribution >= 0.6 is 0 Å². The molecule has 2 atom stereocenters. The van der Waals surface area contributed by atoms with E-state index in [4.69, 9.17) is 5.73 Å². The Labute approximate surface area is 131 Å². The van der Waals surface area contributed by atoms with Crippen molar-refractivity contribution in [3.05, 3.63) is 35.4 Å². The van der Waals surface area contributed by atoms with Crippen LogP contribution in [0.4, 0.5) is 0 Å². The van der Waals surface area contributed by atoms with Gasteiger partial charge in [-0.3, -0.25) is 9.59 Å². The molecule has 0 radical (unpaired) electrons. The van der Waals surface area contributed by atoms with Crippen LogP contribution < -0.4 is 11.1 Å². The number of carbonyl (C=O) groups excluding carboxylic acids is 2. The van der Waals surface area contributed by atoms with E-state index in [1.807, 2.05) is 36.1 Å². The second-order valence-electron chi connectivity index (χ2n) is 5.99. The van der Waals surface area contributed by atoms with Crippen LogP contribution in [0.5, 0.6) is 0 Å². The predicted octanol–water partition coefficient (Wildman–Crippen LogP) is 1.51. The molecule has 1 aromatic carbocycles. The van der Waals surface area contributed by atoms with Crippen molar-refractivity contribution in [2.45, 2.75) is 45.2 Å². The summed E-state index contributed by atoms with van der Waals surface area (Å²) in [5.41, 5.74) is 7.85. The number of benzene rings is 1. The van der Waals surface area contributed by atoms with E-state index in [1.165, 1.54) is 6.92 Å². The minimum atomic E-state index is -0.287. The van der Waals surface area contributed by atoms with E-state index < -0.39 is 0 Å². The highest BCUT2D eigenvalue weighted by Crippen LogP contribution is 2.23. The number of rotatable bonds is 5. The van der Waals surface area contributed by atoms with E-state index in [-0.39, 0.29) is 30.3 Å². The Bertz CT molecular complexity index is 527. The van der Waals surface area contributed by atoms with Crippen LogP contribution in [0.3, 0.4) is 0 Å². The van der Waals surface area contributed by atoms with E-state index >= 15 is 0 Å². The Hall–Kier alpha value is -1.88. The third-order valence-electron chi connectivity index (χ3n) is 4.21. The zero-order chi connectivity index (χ0) is 16.1. The first-order valence-electron chi connectivity index (χ1n) is 7.84. The maximum Gasteiger partial charge on any atom is 0.225 e. The maximum absolute atomic E-state index is 12.6. The Morgan fingerprint density at radius 3 is 2.64 bits per heavy atom. The minimum absolute atomic E-state index is 0.0623. The van der Waals surface area contributed by atoms with Gasteiger partial charge in [0, 0.05) is 26.1 Å². The van der Waals surface area contributed by atoms with Crippen LogP contribution in [0.25, 0.3) is 0 Å². The van der Waals surface area contributed by atoms with Crippen molar-refractivity contribution in [1.82, 2.24) is 10.2 Å². The molecule has 2 rings (SSSR count). The van der Waals surface area contributed by atoms with Gasteiger partial charge in [0.2, 0.25) is 11.8 Å². The molecule has 22 heavy (non-hydrogen) atoms. The Morgan fingerprint density at radius 1 is 1.36 bits per heavy atom. The molecule has 5 heteroatoms. The number of hydrogen-bond acceptors (Lipinski definition) is 3. The fourth-order valence-corrected chi connectivity index (χ4v) is 3.00. The van der Waals surface area contributed by atoms with Gasteiger partial charge in [-0.25, -0.2) is 0 Å². The number of carbonyl (C=O) groups is 2. The number of nitrogens with two attached hydrogens (primary N) is 1. The van der Waals surface area contributed by atoms with Crippen LogP contribution in [0.2, 0.25) is 0 Å². The molecule has 1 heterocycles. The summed E-state index contributed by atoms with van der Waals surface area (Å²) < 4.78 is 0. The lowest BCUT2D eigenvalue weighted by Gasteiger charge is -2.26. The monoisotopic (exact) mass is 303 g/mol. The zero-order valence-corrected chi connectivity index (χ0v) is 13.3. The standard InChI is InChI=1S/C17H25N3O2/c1-12-5-7-14(8-6-12)16(19-13(2)21)10-17(22)20-9-3-4-15(20)11-18/h5-8,15-16H,3-4,9-11,18H2,1-2H3,(H,19,21). The molecule has 0 saturated carbocycles. The van der Waals surface area contributed by atoms with Crippen molar-refractivity contribution < 1.29 is 9.59 Å². The number of aryl methyl sites for hydroxylation is 1. The van der Waals surface area contributed by atoms with Crippen LogP contribution in [0.15, 0.2) is 24.3 Å². The average molecular weight is 303 g/mol. The molecule has 1 aromatic rings. The molecule has 0 spiro atoms. The first kappa shape index (κ1) is 16.5. The number of amides is 2. The summed E-state index contributed by atoms with van der Waals surface area (Å²) in [5, 5.41) is 2.89. The fourth-order valence-electron chi connectivity index (χ4n) is 3.00. The number of nitrogens with zero attached hydrogens (tertiary/aromatic N) is 1. The summed E-state index contributed by atoms with van der Waals surface area (Å²) in [7, 11) is 0. The van der Waals surface area contributed by atoms with E-state index in [0.29, 0.717) is 6.54 Å². The molecule has 1 saturated heterocycles. The van der Waals surface area contributed by atoms with E-state index in [0.717, 1.165) is 30.5 Å². The lowest BCUT2D eigenvalue weighted by molar-refractivity contribution is -0.132. The summed E-state index contributed by atoms with van der Waals surface area (Å²) in [4.78, 5) is 25.9. The van der Waals surface area contributed by atoms with Crippen LogP contribution in [-0.2, 0) is 9.59 Å². The van der Waals surface area contributed by atoms with E-state index in [9.17, 15) is 9.59 Å². The lowest BCUT2D eigenvalue weighted by Crippen LogP contribution is -2.41. The summed E-state index contributed by atoms with van der Waals surface area (Å²) in [5.74, 6) is -0.0672. The molecule has 0 aliphatic carbocycles. The molecule has 1 aliphatic rings. The van der Waals surface area contributed by atoms with Crippen molar-refractivity contribution in [2.24, 2.45) is 5.73 Å². The molecule has 0 aromatic heterocycles. The fraction of sp³-hybridized carbons (Fsp3) is 0.529. The second-order valence-corrected chi connectivity index (χ2v) is 5.99. The van der Waals surface area contributed by atoms with Crippen molar-refractivity contribution in [3.63, 3.8) is 0 Å². The number of likely N-dealkylation sites (tertiary alicyclic amines) is 1. The third-order valence-corrected chi connectivity index (χ3v) is 4.21. The number of hydrogen-bond donors (Lipinski definition) is 2. The predicted molar refractivity (Wildman–Crippen MR) is 86.1 cm³/mol. The Kier molecular flexibility index (Phi) is 5.55. The van der Waals surface area contributed by atoms with Gasteiger partial charge < -0.3 is 16.0 Å². The number of nitrogens with one attached hydrogen (secondary N) is 1. The van der Waals surface area contributed by atoms with Gasteiger partial charge in [0.1, 0.15) is 0 Å². The largest absolute Gasteiger partial charge is 0.349 e. The molecular weight excluding hydrogens is 278 g/mol. The van der Waals surface area contributed by atoms with Gasteiger partial charge in [0.25, 0.3) is 0 Å². The SMILES string of the molecule is CC(=O)NC(CC(=O)N1CCCC1CN)c1ccc(C)cc1. The van der Waals surface area contributed by atoms with Gasteiger partial charge in [-0.05, 0) is 25.3 Å². The smallest absolute Gasteiger partial charge is 0.225 e. The quantitative estimate of drug-likeness (QED) is 0.866. The first-order valence-corrected chi connectivity index (χ1v) is 7.84. The molecule has 2 unspecified atom stereocenters. The molecule has 120 valence electrons. The van der Waals surface area contributed by atoms with E-state index in [2.05, 4.69) is 5.32 Å². The van der Waals surface area contributed by atoms with Gasteiger partial charge in [-0.2, -0.15) is 0 Å². The summed E-state index contributed by atoms with van der Waals surface area (Å²) >= 11 is 0. The van der Waals surface area contributed by atoms with Gasteiger partial charge >= 0.3 is 0 Å². The summed E-state index contributed by atoms with van der Waals surface area (Å²) in [6.07, 6.45) is 2.25. The van der Waals surface area contributed by atoms with Crippen molar-refractivity contribution >= 4 is 11.8 Å². The van der Waals surface area contributed by atoms with E-state index in [1.54, 1.807) is 0 Å². The van der Waals surface area contributed by atoms with Crippen molar-refractivity contribution in [1.29, 1.82) is 0 Å². The Balaban J connectivity index is 2.10.